The van der Waals surface area contributed by atoms with E-state index in [4.69, 9.17) is 4.98 Å². The molecule has 0 saturated carbocycles. The molecule has 1 fully saturated rings. The lowest BCUT2D eigenvalue weighted by atomic mass is 10.1. The molecule has 0 spiro atoms. The van der Waals surface area contributed by atoms with E-state index in [0.29, 0.717) is 32.7 Å². The third kappa shape index (κ3) is 5.26. The number of nitrogens with zero attached hydrogens (tertiary/aromatic N) is 6. The predicted molar refractivity (Wildman–Crippen MR) is 155 cm³/mol. The van der Waals surface area contributed by atoms with Crippen LogP contribution in [0, 0.1) is 17.1 Å². The highest BCUT2D eigenvalue weighted by Crippen LogP contribution is 2.38. The molecular formula is C29H31FN6O2S. The fraction of sp³-hybridized carbons (Fsp3) is 0.345. The van der Waals surface area contributed by atoms with Gasteiger partial charge in [0.05, 0.1) is 12.3 Å². The summed E-state index contributed by atoms with van der Waals surface area (Å²) in [5, 5.41) is 21.3. The number of nitriles is 1. The molecule has 2 aromatic heterocycles. The van der Waals surface area contributed by atoms with Crippen molar-refractivity contribution in [1.82, 2.24) is 14.5 Å². The van der Waals surface area contributed by atoms with Crippen LogP contribution in [0.5, 0.6) is 0 Å². The molecule has 202 valence electrons. The minimum absolute atomic E-state index is 0.163. The molecule has 1 aliphatic rings. The monoisotopic (exact) mass is 546 g/mol. The van der Waals surface area contributed by atoms with E-state index in [2.05, 4.69) is 35.8 Å². The van der Waals surface area contributed by atoms with Gasteiger partial charge in [0, 0.05) is 74.0 Å². The second-order valence-corrected chi connectivity index (χ2v) is 10.9. The van der Waals surface area contributed by atoms with E-state index in [1.807, 2.05) is 24.1 Å². The summed E-state index contributed by atoms with van der Waals surface area (Å²) in [5.41, 5.74) is 2.76. The Morgan fingerprint density at radius 2 is 1.85 bits per heavy atom. The molecule has 0 bridgehead atoms. The quantitative estimate of drug-likeness (QED) is 0.367. The minimum atomic E-state index is -0.358. The molecule has 1 N–H and O–H groups in total. The van der Waals surface area contributed by atoms with E-state index < -0.39 is 0 Å². The number of anilines is 3. The third-order valence-corrected chi connectivity index (χ3v) is 8.32. The normalized spacial score (nSPS) is 14.2. The van der Waals surface area contributed by atoms with Crippen molar-refractivity contribution in [1.29, 1.82) is 5.26 Å². The van der Waals surface area contributed by atoms with Crippen LogP contribution in [0.3, 0.4) is 0 Å². The second-order valence-electron chi connectivity index (χ2n) is 9.94. The lowest BCUT2D eigenvalue weighted by Crippen LogP contribution is -2.48. The number of thiazole rings is 1. The van der Waals surface area contributed by atoms with Crippen LogP contribution in [0.15, 0.2) is 53.5 Å². The first kappa shape index (κ1) is 26.8. The summed E-state index contributed by atoms with van der Waals surface area (Å²) in [7, 11) is 1.85. The smallest absolute Gasteiger partial charge is 0.258 e. The van der Waals surface area contributed by atoms with Crippen LogP contribution in [0.4, 0.5) is 20.9 Å². The molecule has 0 atom stereocenters. The number of aliphatic hydroxyl groups excluding tert-OH is 1. The zero-order valence-electron chi connectivity index (χ0n) is 22.3. The van der Waals surface area contributed by atoms with Crippen LogP contribution in [0.1, 0.15) is 18.7 Å². The molecule has 5 rings (SSSR count). The number of aliphatic hydroxyl groups is 1. The van der Waals surface area contributed by atoms with Gasteiger partial charge in [-0.2, -0.15) is 5.26 Å². The average Bonchev–Trinajstić information content (AvgIpc) is 3.39. The minimum Gasteiger partial charge on any atom is -0.395 e. The average molecular weight is 547 g/mol. The molecule has 39 heavy (non-hydrogen) atoms. The van der Waals surface area contributed by atoms with Crippen LogP contribution in [-0.2, 0) is 6.54 Å². The summed E-state index contributed by atoms with van der Waals surface area (Å²) in [6.07, 6.45) is 1.74. The standard InChI is InChI=1S/C29H31FN6O2S/c1-19(2)34-10-12-35(13-11-34)22-8-9-23-24(16-22)25(18-36(14-15-37)28(23)38)33(3)29-32-27(26(17-31)39-29)20-4-6-21(30)7-5-20/h4-9,16,18-19,37H,10-15H2,1-3H3. The van der Waals surface area contributed by atoms with Crippen molar-refractivity contribution in [2.24, 2.45) is 0 Å². The number of fused-ring (bicyclic) bond motifs is 1. The van der Waals surface area contributed by atoms with Crippen LogP contribution in [-0.4, -0.2) is 65.4 Å². The maximum absolute atomic E-state index is 13.5. The van der Waals surface area contributed by atoms with Gasteiger partial charge in [-0.05, 0) is 56.3 Å². The predicted octanol–water partition coefficient (Wildman–Crippen LogP) is 4.43. The van der Waals surface area contributed by atoms with Crippen LogP contribution in [0.2, 0.25) is 0 Å². The van der Waals surface area contributed by atoms with E-state index in [1.54, 1.807) is 18.3 Å². The van der Waals surface area contributed by atoms with E-state index in [-0.39, 0.29) is 24.5 Å². The van der Waals surface area contributed by atoms with E-state index in [9.17, 15) is 19.6 Å². The van der Waals surface area contributed by atoms with Gasteiger partial charge >= 0.3 is 0 Å². The van der Waals surface area contributed by atoms with Crippen LogP contribution < -0.4 is 15.4 Å². The molecular weight excluding hydrogens is 515 g/mol. The Bertz CT molecular complexity index is 1580. The van der Waals surface area contributed by atoms with Crippen molar-refractivity contribution < 1.29 is 9.50 Å². The molecule has 4 aromatic rings. The number of benzene rings is 2. The van der Waals surface area contributed by atoms with Crippen molar-refractivity contribution in [2.75, 3.05) is 49.6 Å². The van der Waals surface area contributed by atoms with E-state index >= 15 is 0 Å². The van der Waals surface area contributed by atoms with Crippen molar-refractivity contribution in [2.45, 2.75) is 26.4 Å². The first-order valence-electron chi connectivity index (χ1n) is 13.0. The first-order valence-corrected chi connectivity index (χ1v) is 13.8. The maximum Gasteiger partial charge on any atom is 0.258 e. The Hall–Kier alpha value is -3.78. The van der Waals surface area contributed by atoms with Gasteiger partial charge < -0.3 is 19.5 Å². The number of halogens is 1. The van der Waals surface area contributed by atoms with Crippen molar-refractivity contribution in [3.63, 3.8) is 0 Å². The molecule has 10 heteroatoms. The van der Waals surface area contributed by atoms with Crippen LogP contribution in [0.25, 0.3) is 22.0 Å². The topological polar surface area (TPSA) is 88.6 Å². The Labute approximate surface area is 230 Å². The number of hydrogen-bond donors (Lipinski definition) is 1. The summed E-state index contributed by atoms with van der Waals surface area (Å²) in [4.78, 5) is 25.1. The Morgan fingerprint density at radius 3 is 2.49 bits per heavy atom. The molecule has 1 saturated heterocycles. The third-order valence-electron chi connectivity index (χ3n) is 7.28. The number of hydrogen-bond acceptors (Lipinski definition) is 8. The lowest BCUT2D eigenvalue weighted by molar-refractivity contribution is 0.209. The van der Waals surface area contributed by atoms with E-state index in [0.717, 1.165) is 42.9 Å². The maximum atomic E-state index is 13.5. The molecule has 3 heterocycles. The van der Waals surface area contributed by atoms with Gasteiger partial charge in [0.2, 0.25) is 0 Å². The first-order chi connectivity index (χ1) is 18.8. The van der Waals surface area contributed by atoms with Gasteiger partial charge in [0.1, 0.15) is 22.5 Å². The second kappa shape index (κ2) is 11.1. The fourth-order valence-electron chi connectivity index (χ4n) is 5.03. The van der Waals surface area contributed by atoms with Gasteiger partial charge in [-0.15, -0.1) is 0 Å². The highest BCUT2D eigenvalue weighted by Gasteiger charge is 2.22. The Balaban J connectivity index is 1.59. The molecule has 1 aliphatic heterocycles. The molecule has 2 aromatic carbocycles. The largest absolute Gasteiger partial charge is 0.395 e. The molecule has 0 aliphatic carbocycles. The fourth-order valence-corrected chi connectivity index (χ4v) is 5.89. The van der Waals surface area contributed by atoms with Crippen molar-refractivity contribution >= 4 is 38.6 Å². The highest BCUT2D eigenvalue weighted by atomic mass is 32.1. The molecule has 0 radical (unpaired) electrons. The number of piperazine rings is 1. The zero-order valence-corrected chi connectivity index (χ0v) is 23.1. The summed E-state index contributed by atoms with van der Waals surface area (Å²) in [6.45, 7) is 8.16. The summed E-state index contributed by atoms with van der Waals surface area (Å²) in [5.74, 6) is -0.358. The van der Waals surface area contributed by atoms with Gasteiger partial charge in [-0.1, -0.05) is 11.3 Å². The van der Waals surface area contributed by atoms with Crippen molar-refractivity contribution in [3.05, 3.63) is 69.7 Å². The molecule has 8 nitrogen and oxygen atoms in total. The Kier molecular flexibility index (Phi) is 7.66. The highest BCUT2D eigenvalue weighted by molar-refractivity contribution is 7.16. The number of pyridine rings is 1. The van der Waals surface area contributed by atoms with Gasteiger partial charge in [0.15, 0.2) is 5.13 Å². The SMILES string of the molecule is CC(C)N1CCN(c2ccc3c(=O)n(CCO)cc(N(C)c4nc(-c5ccc(F)cc5)c(C#N)s4)c3c2)CC1. The molecule has 0 unspecified atom stereocenters. The summed E-state index contributed by atoms with van der Waals surface area (Å²) < 4.78 is 15.0. The zero-order chi connectivity index (χ0) is 27.7. The summed E-state index contributed by atoms with van der Waals surface area (Å²) in [6, 6.07) is 14.5. The van der Waals surface area contributed by atoms with E-state index in [1.165, 1.54) is 28.0 Å². The van der Waals surface area contributed by atoms with Crippen molar-refractivity contribution in [3.8, 4) is 17.3 Å². The van der Waals surface area contributed by atoms with Crippen LogP contribution >= 0.6 is 11.3 Å². The number of aromatic nitrogens is 2. The van der Waals surface area contributed by atoms with Gasteiger partial charge in [-0.3, -0.25) is 9.69 Å². The van der Waals surface area contributed by atoms with Gasteiger partial charge in [0.25, 0.3) is 5.56 Å². The lowest BCUT2D eigenvalue weighted by Gasteiger charge is -2.38. The number of rotatable bonds is 7. The van der Waals surface area contributed by atoms with Gasteiger partial charge in [-0.25, -0.2) is 9.37 Å². The Morgan fingerprint density at radius 1 is 1.13 bits per heavy atom. The molecule has 0 amide bonds. The summed E-state index contributed by atoms with van der Waals surface area (Å²) >= 11 is 1.24.